The molecular formula is C13H14N4OS. The van der Waals surface area contributed by atoms with Gasteiger partial charge in [0.05, 0.1) is 0 Å². The Morgan fingerprint density at radius 1 is 1.53 bits per heavy atom. The highest BCUT2D eigenvalue weighted by atomic mass is 32.1. The number of nitrogens with one attached hydrogen (secondary N) is 1. The Hall–Kier alpha value is -1.82. The van der Waals surface area contributed by atoms with Crippen LogP contribution >= 0.6 is 11.5 Å². The van der Waals surface area contributed by atoms with Crippen molar-refractivity contribution in [3.05, 3.63) is 35.4 Å². The number of carbonyl (C=O) groups excluding carboxylic acids is 1. The molecule has 0 aromatic carbocycles. The Bertz CT molecular complexity index is 606. The lowest BCUT2D eigenvalue weighted by molar-refractivity contribution is 0.102. The summed E-state index contributed by atoms with van der Waals surface area (Å²) in [4.78, 5) is 20.4. The fourth-order valence-electron chi connectivity index (χ4n) is 1.82. The minimum absolute atomic E-state index is 0.167. The highest BCUT2D eigenvalue weighted by molar-refractivity contribution is 7.09. The quantitative estimate of drug-likeness (QED) is 0.929. The molecule has 1 aliphatic carbocycles. The highest BCUT2D eigenvalue weighted by Gasteiger charge is 2.23. The molecule has 0 spiro atoms. The summed E-state index contributed by atoms with van der Waals surface area (Å²) >= 11 is 1.24. The van der Waals surface area contributed by atoms with Crippen molar-refractivity contribution in [2.24, 2.45) is 5.92 Å². The molecule has 19 heavy (non-hydrogen) atoms. The number of hydrogen-bond donors (Lipinski definition) is 1. The van der Waals surface area contributed by atoms with Gasteiger partial charge in [-0.15, -0.1) is 0 Å². The first-order chi connectivity index (χ1) is 9.20. The van der Waals surface area contributed by atoms with Crippen LogP contribution in [0.3, 0.4) is 0 Å². The lowest BCUT2D eigenvalue weighted by atomic mass is 10.2. The predicted molar refractivity (Wildman–Crippen MR) is 73.3 cm³/mol. The van der Waals surface area contributed by atoms with Crippen molar-refractivity contribution in [3.63, 3.8) is 0 Å². The summed E-state index contributed by atoms with van der Waals surface area (Å²) < 4.78 is 4.26. The maximum Gasteiger partial charge on any atom is 0.257 e. The van der Waals surface area contributed by atoms with Crippen molar-refractivity contribution in [2.75, 3.05) is 5.32 Å². The van der Waals surface area contributed by atoms with Gasteiger partial charge in [0.1, 0.15) is 5.82 Å². The number of carbonyl (C=O) groups is 1. The Kier molecular flexibility index (Phi) is 3.25. The molecule has 0 radical (unpaired) electrons. The number of aromatic nitrogens is 3. The van der Waals surface area contributed by atoms with E-state index in [4.69, 9.17) is 0 Å². The Labute approximate surface area is 115 Å². The zero-order valence-corrected chi connectivity index (χ0v) is 11.4. The van der Waals surface area contributed by atoms with Gasteiger partial charge in [-0.05, 0) is 37.8 Å². The van der Waals surface area contributed by atoms with Crippen molar-refractivity contribution in [3.8, 4) is 0 Å². The normalized spacial score (nSPS) is 14.4. The molecular weight excluding hydrogens is 260 g/mol. The van der Waals surface area contributed by atoms with Crippen LogP contribution in [0.25, 0.3) is 0 Å². The van der Waals surface area contributed by atoms with Gasteiger partial charge in [-0.2, -0.15) is 4.37 Å². The van der Waals surface area contributed by atoms with E-state index >= 15 is 0 Å². The lowest BCUT2D eigenvalue weighted by Crippen LogP contribution is -2.12. The monoisotopic (exact) mass is 274 g/mol. The Balaban J connectivity index is 1.66. The Morgan fingerprint density at radius 2 is 2.37 bits per heavy atom. The van der Waals surface area contributed by atoms with Crippen LogP contribution in [0.4, 0.5) is 5.13 Å². The van der Waals surface area contributed by atoms with Crippen LogP contribution < -0.4 is 5.32 Å². The van der Waals surface area contributed by atoms with Gasteiger partial charge in [0.25, 0.3) is 5.91 Å². The second kappa shape index (κ2) is 5.05. The minimum Gasteiger partial charge on any atom is -0.297 e. The van der Waals surface area contributed by atoms with Gasteiger partial charge in [0, 0.05) is 35.4 Å². The summed E-state index contributed by atoms with van der Waals surface area (Å²) in [5, 5.41) is 3.34. The van der Waals surface area contributed by atoms with Crippen molar-refractivity contribution in [2.45, 2.75) is 26.2 Å². The molecule has 98 valence electrons. The van der Waals surface area contributed by atoms with Crippen LogP contribution in [0.2, 0.25) is 0 Å². The van der Waals surface area contributed by atoms with E-state index in [1.54, 1.807) is 18.3 Å². The molecule has 1 amide bonds. The second-order valence-corrected chi connectivity index (χ2v) is 5.56. The van der Waals surface area contributed by atoms with Gasteiger partial charge in [0.15, 0.2) is 0 Å². The van der Waals surface area contributed by atoms with Gasteiger partial charge in [0.2, 0.25) is 5.13 Å². The first-order valence-corrected chi connectivity index (χ1v) is 7.04. The molecule has 1 saturated carbocycles. The zero-order valence-electron chi connectivity index (χ0n) is 10.6. The van der Waals surface area contributed by atoms with E-state index in [1.807, 2.05) is 6.92 Å². The van der Waals surface area contributed by atoms with Crippen molar-refractivity contribution in [1.29, 1.82) is 0 Å². The van der Waals surface area contributed by atoms with E-state index < -0.39 is 0 Å². The van der Waals surface area contributed by atoms with Crippen molar-refractivity contribution in [1.82, 2.24) is 14.3 Å². The molecule has 0 saturated heterocycles. The van der Waals surface area contributed by atoms with Gasteiger partial charge in [-0.1, -0.05) is 0 Å². The summed E-state index contributed by atoms with van der Waals surface area (Å²) in [5.74, 6) is 1.43. The van der Waals surface area contributed by atoms with Crippen LogP contribution in [-0.4, -0.2) is 20.2 Å². The van der Waals surface area contributed by atoms with Crippen LogP contribution in [0.15, 0.2) is 18.3 Å². The lowest BCUT2D eigenvalue weighted by Gasteiger charge is -2.01. The number of amides is 1. The van der Waals surface area contributed by atoms with Gasteiger partial charge >= 0.3 is 0 Å². The van der Waals surface area contributed by atoms with Crippen LogP contribution in [-0.2, 0) is 6.42 Å². The molecule has 2 heterocycles. The number of pyridine rings is 1. The number of hydrogen-bond acceptors (Lipinski definition) is 5. The third-order valence-corrected chi connectivity index (χ3v) is 3.68. The van der Waals surface area contributed by atoms with E-state index in [9.17, 15) is 4.79 Å². The maximum atomic E-state index is 12.0. The molecule has 0 aliphatic heterocycles. The summed E-state index contributed by atoms with van der Waals surface area (Å²) in [5.41, 5.74) is 1.41. The fraction of sp³-hybridized carbons (Fsp3) is 0.385. The smallest absolute Gasteiger partial charge is 0.257 e. The topological polar surface area (TPSA) is 67.8 Å². The molecule has 6 heteroatoms. The Morgan fingerprint density at radius 3 is 3.11 bits per heavy atom. The molecule has 0 atom stereocenters. The minimum atomic E-state index is -0.167. The molecule has 1 aliphatic rings. The molecule has 0 bridgehead atoms. The van der Waals surface area contributed by atoms with Gasteiger partial charge in [-0.25, -0.2) is 4.98 Å². The zero-order chi connectivity index (χ0) is 13.2. The van der Waals surface area contributed by atoms with Crippen LogP contribution in [0, 0.1) is 12.8 Å². The van der Waals surface area contributed by atoms with E-state index in [0.717, 1.165) is 23.9 Å². The largest absolute Gasteiger partial charge is 0.297 e. The third kappa shape index (κ3) is 3.14. The molecule has 3 rings (SSSR count). The number of nitrogens with zero attached hydrogens (tertiary/aromatic N) is 3. The SMILES string of the molecule is Cc1cc(C(=O)Nc2nc(CC3CC3)ns2)ccn1. The average Bonchev–Trinajstić information content (AvgIpc) is 3.09. The summed E-state index contributed by atoms with van der Waals surface area (Å²) in [7, 11) is 0. The first-order valence-electron chi connectivity index (χ1n) is 6.27. The van der Waals surface area contributed by atoms with E-state index in [0.29, 0.717) is 10.7 Å². The van der Waals surface area contributed by atoms with Crippen molar-refractivity contribution >= 4 is 22.6 Å². The third-order valence-electron chi connectivity index (χ3n) is 3.02. The van der Waals surface area contributed by atoms with Crippen LogP contribution in [0.1, 0.15) is 34.7 Å². The van der Waals surface area contributed by atoms with Gasteiger partial charge in [-0.3, -0.25) is 15.1 Å². The molecule has 1 N–H and O–H groups in total. The van der Waals surface area contributed by atoms with E-state index in [1.165, 1.54) is 24.4 Å². The summed E-state index contributed by atoms with van der Waals surface area (Å²) in [6, 6.07) is 3.44. The molecule has 5 nitrogen and oxygen atoms in total. The van der Waals surface area contributed by atoms with Gasteiger partial charge < -0.3 is 0 Å². The van der Waals surface area contributed by atoms with Crippen LogP contribution in [0.5, 0.6) is 0 Å². The molecule has 0 unspecified atom stereocenters. The average molecular weight is 274 g/mol. The van der Waals surface area contributed by atoms with Crippen molar-refractivity contribution < 1.29 is 4.79 Å². The first kappa shape index (κ1) is 12.2. The number of rotatable bonds is 4. The maximum absolute atomic E-state index is 12.0. The van der Waals surface area contributed by atoms with E-state index in [2.05, 4.69) is 19.7 Å². The number of anilines is 1. The summed E-state index contributed by atoms with van der Waals surface area (Å²) in [6.07, 6.45) is 5.11. The molecule has 1 fully saturated rings. The second-order valence-electron chi connectivity index (χ2n) is 4.80. The van der Waals surface area contributed by atoms with E-state index in [-0.39, 0.29) is 5.91 Å². The fourth-order valence-corrected chi connectivity index (χ4v) is 2.42. The molecule has 2 aromatic heterocycles. The summed E-state index contributed by atoms with van der Waals surface area (Å²) in [6.45, 7) is 1.86. The number of aryl methyl sites for hydroxylation is 1. The molecule has 2 aromatic rings. The standard InChI is InChI=1S/C13H14N4OS/c1-8-6-10(4-5-14-8)12(18)16-13-15-11(17-19-13)7-9-2-3-9/h4-6,9H,2-3,7H2,1H3,(H,15,16,17,18). The highest BCUT2D eigenvalue weighted by Crippen LogP contribution is 2.32. The predicted octanol–water partition coefficient (Wildman–Crippen LogP) is 2.45.